The minimum absolute atomic E-state index is 0.0420. The van der Waals surface area contributed by atoms with Crippen LogP contribution in [-0.4, -0.2) is 31.7 Å². The van der Waals surface area contributed by atoms with E-state index >= 15 is 0 Å². The molecule has 0 spiro atoms. The average Bonchev–Trinajstić information content (AvgIpc) is 3.67. The second-order valence-electron chi connectivity index (χ2n) is 8.46. The predicted molar refractivity (Wildman–Crippen MR) is 137 cm³/mol. The molecule has 0 saturated heterocycles. The van der Waals surface area contributed by atoms with E-state index in [1.54, 1.807) is 28.0 Å². The number of thiophene rings is 1. The fourth-order valence-electron chi connectivity index (χ4n) is 4.02. The van der Waals surface area contributed by atoms with Gasteiger partial charge in [0.2, 0.25) is 11.8 Å². The topological polar surface area (TPSA) is 93.3 Å². The van der Waals surface area contributed by atoms with Crippen LogP contribution in [0.5, 0.6) is 0 Å². The van der Waals surface area contributed by atoms with Crippen molar-refractivity contribution in [3.63, 3.8) is 0 Å². The number of amides is 2. The number of carbonyl (C=O) groups is 2. The quantitative estimate of drug-likeness (QED) is 0.323. The third kappa shape index (κ3) is 5.21. The maximum Gasteiger partial charge on any atom is 0.248 e. The van der Waals surface area contributed by atoms with Crippen molar-refractivity contribution in [2.45, 2.75) is 32.6 Å². The molecular formula is C27H25N5O3S. The number of fused-ring (bicyclic) bond motifs is 1. The fraction of sp³-hybridized carbons (Fsp3) is 0.185. The average molecular weight is 500 g/mol. The van der Waals surface area contributed by atoms with Crippen LogP contribution in [0.25, 0.3) is 11.0 Å². The van der Waals surface area contributed by atoms with Gasteiger partial charge in [0.15, 0.2) is 0 Å². The smallest absolute Gasteiger partial charge is 0.248 e. The lowest BCUT2D eigenvalue weighted by molar-refractivity contribution is -0.142. The lowest BCUT2D eigenvalue weighted by Gasteiger charge is -2.30. The maximum atomic E-state index is 13.8. The van der Waals surface area contributed by atoms with Crippen molar-refractivity contribution in [1.29, 1.82) is 0 Å². The molecule has 182 valence electrons. The number of nitrogens with zero attached hydrogens (tertiary/aromatic N) is 4. The molecule has 5 rings (SSSR count). The molecule has 36 heavy (non-hydrogen) atoms. The first-order valence-corrected chi connectivity index (χ1v) is 12.4. The summed E-state index contributed by atoms with van der Waals surface area (Å²) in [7, 11) is 0. The number of hydrogen-bond acceptors (Lipinski definition) is 6. The highest BCUT2D eigenvalue weighted by Gasteiger charge is 2.33. The minimum atomic E-state index is -0.816. The number of furan rings is 1. The number of aromatic nitrogens is 3. The van der Waals surface area contributed by atoms with Crippen LogP contribution in [0.3, 0.4) is 0 Å². The molecule has 0 aliphatic carbocycles. The van der Waals surface area contributed by atoms with Gasteiger partial charge in [-0.15, -0.1) is 16.4 Å². The molecule has 0 aliphatic heterocycles. The van der Waals surface area contributed by atoms with E-state index in [0.29, 0.717) is 11.3 Å². The van der Waals surface area contributed by atoms with Gasteiger partial charge in [-0.3, -0.25) is 9.59 Å². The largest absolute Gasteiger partial charge is 0.467 e. The van der Waals surface area contributed by atoms with Gasteiger partial charge in [0.05, 0.1) is 18.3 Å². The molecule has 0 fully saturated rings. The highest BCUT2D eigenvalue weighted by molar-refractivity contribution is 7.10. The van der Waals surface area contributed by atoms with Gasteiger partial charge in [0, 0.05) is 11.4 Å². The van der Waals surface area contributed by atoms with E-state index in [9.17, 15) is 9.59 Å². The van der Waals surface area contributed by atoms with Crippen LogP contribution in [0.1, 0.15) is 27.8 Å². The Morgan fingerprint density at radius 2 is 1.89 bits per heavy atom. The normalized spacial score (nSPS) is 11.9. The zero-order valence-electron chi connectivity index (χ0n) is 19.7. The second kappa shape index (κ2) is 10.6. The molecule has 0 unspecified atom stereocenters. The van der Waals surface area contributed by atoms with Crippen molar-refractivity contribution in [1.82, 2.24) is 25.2 Å². The first-order chi connectivity index (χ1) is 17.6. The number of rotatable bonds is 9. The maximum absolute atomic E-state index is 13.8. The van der Waals surface area contributed by atoms with Crippen molar-refractivity contribution < 1.29 is 14.0 Å². The second-order valence-corrected chi connectivity index (χ2v) is 9.44. The Bertz CT molecular complexity index is 1440. The summed E-state index contributed by atoms with van der Waals surface area (Å²) in [5, 5.41) is 13.2. The standard InChI is InChI=1S/C27H25N5O3S/c1-19-10-12-20(13-11-19)17-31(25(33)18-32-23-8-3-2-7-22(23)29-30-32)26(24-9-5-15-36-24)27(34)28-16-21-6-4-14-35-21/h2-15,26H,16-18H2,1H3,(H,28,34)/t26-/m0/s1. The predicted octanol–water partition coefficient (Wildman–Crippen LogP) is 4.48. The summed E-state index contributed by atoms with van der Waals surface area (Å²) < 4.78 is 6.94. The van der Waals surface area contributed by atoms with Gasteiger partial charge in [-0.1, -0.05) is 53.2 Å². The van der Waals surface area contributed by atoms with Crippen molar-refractivity contribution in [3.05, 3.63) is 106 Å². The van der Waals surface area contributed by atoms with Crippen LogP contribution in [0.15, 0.2) is 88.9 Å². The third-order valence-electron chi connectivity index (χ3n) is 5.89. The number of para-hydroxylation sites is 1. The lowest BCUT2D eigenvalue weighted by atomic mass is 10.1. The lowest BCUT2D eigenvalue weighted by Crippen LogP contribution is -2.44. The van der Waals surface area contributed by atoms with E-state index in [0.717, 1.165) is 21.5 Å². The molecule has 0 saturated carbocycles. The van der Waals surface area contributed by atoms with E-state index in [2.05, 4.69) is 15.6 Å². The van der Waals surface area contributed by atoms with Crippen LogP contribution in [0.2, 0.25) is 0 Å². The molecule has 9 heteroatoms. The summed E-state index contributed by atoms with van der Waals surface area (Å²) >= 11 is 1.44. The van der Waals surface area contributed by atoms with Crippen molar-refractivity contribution in [3.8, 4) is 0 Å². The molecule has 2 amide bonds. The molecule has 3 aromatic heterocycles. The van der Waals surface area contributed by atoms with Gasteiger partial charge in [-0.2, -0.15) is 0 Å². The van der Waals surface area contributed by atoms with E-state index in [-0.39, 0.29) is 31.4 Å². The number of benzene rings is 2. The summed E-state index contributed by atoms with van der Waals surface area (Å²) in [6.45, 7) is 2.47. The van der Waals surface area contributed by atoms with Crippen LogP contribution in [0.4, 0.5) is 0 Å². The van der Waals surface area contributed by atoms with Crippen molar-refractivity contribution >= 4 is 34.2 Å². The van der Waals surface area contributed by atoms with E-state index in [4.69, 9.17) is 4.42 Å². The minimum Gasteiger partial charge on any atom is -0.467 e. The number of nitrogens with one attached hydrogen (secondary N) is 1. The molecule has 0 radical (unpaired) electrons. The van der Waals surface area contributed by atoms with Gasteiger partial charge in [-0.25, -0.2) is 4.68 Å². The summed E-state index contributed by atoms with van der Waals surface area (Å²) in [4.78, 5) is 29.8. The Balaban J connectivity index is 1.47. The van der Waals surface area contributed by atoms with E-state index in [1.165, 1.54) is 11.3 Å². The zero-order valence-corrected chi connectivity index (χ0v) is 20.5. The van der Waals surface area contributed by atoms with E-state index < -0.39 is 6.04 Å². The number of aryl methyl sites for hydroxylation is 1. The van der Waals surface area contributed by atoms with Gasteiger partial charge in [-0.05, 0) is 48.2 Å². The van der Waals surface area contributed by atoms with Crippen LogP contribution < -0.4 is 5.32 Å². The van der Waals surface area contributed by atoms with Crippen LogP contribution >= 0.6 is 11.3 Å². The van der Waals surface area contributed by atoms with Crippen molar-refractivity contribution in [2.75, 3.05) is 0 Å². The monoisotopic (exact) mass is 499 g/mol. The first-order valence-electron chi connectivity index (χ1n) is 11.6. The Labute approximate surface area is 212 Å². The Hall–Kier alpha value is -4.24. The molecule has 3 heterocycles. The molecule has 1 N–H and O–H groups in total. The Morgan fingerprint density at radius 3 is 2.64 bits per heavy atom. The SMILES string of the molecule is Cc1ccc(CN(C(=O)Cn2nnc3ccccc32)[C@H](C(=O)NCc2ccco2)c2cccs2)cc1. The molecule has 5 aromatic rings. The van der Waals surface area contributed by atoms with Gasteiger partial charge < -0.3 is 14.6 Å². The highest BCUT2D eigenvalue weighted by atomic mass is 32.1. The molecule has 0 bridgehead atoms. The zero-order chi connectivity index (χ0) is 24.9. The third-order valence-corrected chi connectivity index (χ3v) is 6.81. The van der Waals surface area contributed by atoms with Gasteiger partial charge in [0.25, 0.3) is 0 Å². The van der Waals surface area contributed by atoms with Gasteiger partial charge >= 0.3 is 0 Å². The first kappa shape index (κ1) is 23.5. The van der Waals surface area contributed by atoms with E-state index in [1.807, 2.05) is 73.0 Å². The molecule has 2 aromatic carbocycles. The highest BCUT2D eigenvalue weighted by Crippen LogP contribution is 2.28. The Kier molecular flexibility index (Phi) is 6.90. The summed E-state index contributed by atoms with van der Waals surface area (Å²) in [5.41, 5.74) is 3.52. The summed E-state index contributed by atoms with van der Waals surface area (Å²) in [6.07, 6.45) is 1.56. The summed E-state index contributed by atoms with van der Waals surface area (Å²) in [6, 6.07) is 22.0. The van der Waals surface area contributed by atoms with Gasteiger partial charge in [0.1, 0.15) is 23.9 Å². The molecule has 0 aliphatic rings. The molecular weight excluding hydrogens is 474 g/mol. The summed E-state index contributed by atoms with van der Waals surface area (Å²) in [5.74, 6) is 0.120. The molecule has 8 nitrogen and oxygen atoms in total. The van der Waals surface area contributed by atoms with Crippen LogP contribution in [-0.2, 0) is 29.2 Å². The number of hydrogen-bond donors (Lipinski definition) is 1. The van der Waals surface area contributed by atoms with Crippen LogP contribution in [0, 0.1) is 6.92 Å². The Morgan fingerprint density at radius 1 is 1.06 bits per heavy atom. The molecule has 1 atom stereocenters. The van der Waals surface area contributed by atoms with Crippen molar-refractivity contribution in [2.24, 2.45) is 0 Å². The number of carbonyl (C=O) groups excluding carboxylic acids is 2. The fourth-order valence-corrected chi connectivity index (χ4v) is 4.86.